The second kappa shape index (κ2) is 8.37. The molecule has 3 heterocycles. The summed E-state index contributed by atoms with van der Waals surface area (Å²) < 4.78 is 1.90. The molecule has 0 amide bonds. The number of imidazole rings is 1. The summed E-state index contributed by atoms with van der Waals surface area (Å²) in [6, 6.07) is 4.10. The van der Waals surface area contributed by atoms with Gasteiger partial charge in [-0.15, -0.1) is 24.0 Å². The lowest BCUT2D eigenvalue weighted by Crippen LogP contribution is -2.42. The van der Waals surface area contributed by atoms with E-state index in [1.807, 2.05) is 23.0 Å². The van der Waals surface area contributed by atoms with Crippen LogP contribution in [0.25, 0.3) is 5.82 Å². The van der Waals surface area contributed by atoms with Crippen LogP contribution in [-0.2, 0) is 6.54 Å². The summed E-state index contributed by atoms with van der Waals surface area (Å²) in [6.45, 7) is 5.98. The van der Waals surface area contributed by atoms with E-state index in [1.54, 1.807) is 12.5 Å². The fourth-order valence-electron chi connectivity index (χ4n) is 3.85. The average Bonchev–Trinajstić information content (AvgIpc) is 3.28. The largest absolute Gasteiger partial charge is 0.357 e. The van der Waals surface area contributed by atoms with Crippen LogP contribution in [-0.4, -0.2) is 45.0 Å². The summed E-state index contributed by atoms with van der Waals surface area (Å²) in [6.07, 6.45) is 12.8. The predicted molar refractivity (Wildman–Crippen MR) is 114 cm³/mol. The number of nitrogens with zero attached hydrogens (tertiary/aromatic N) is 5. The average molecular weight is 466 g/mol. The van der Waals surface area contributed by atoms with Gasteiger partial charge in [0, 0.05) is 38.2 Å². The van der Waals surface area contributed by atoms with E-state index >= 15 is 0 Å². The molecule has 1 saturated carbocycles. The van der Waals surface area contributed by atoms with Crippen molar-refractivity contribution in [3.8, 4) is 5.82 Å². The molecule has 1 aliphatic carbocycles. The SMILES string of the molecule is CCNC(=NCc1ccc(-n2ccnc2)nc1)N1CCC2(CCC2)C1.I. The number of hydrogen-bond acceptors (Lipinski definition) is 3. The fourth-order valence-corrected chi connectivity index (χ4v) is 3.85. The van der Waals surface area contributed by atoms with Crippen molar-refractivity contribution < 1.29 is 0 Å². The van der Waals surface area contributed by atoms with Crippen LogP contribution in [0.15, 0.2) is 42.0 Å². The van der Waals surface area contributed by atoms with E-state index in [-0.39, 0.29) is 24.0 Å². The molecule has 0 bridgehead atoms. The van der Waals surface area contributed by atoms with Gasteiger partial charge in [0.25, 0.3) is 0 Å². The molecular weight excluding hydrogens is 439 g/mol. The van der Waals surface area contributed by atoms with Gasteiger partial charge < -0.3 is 10.2 Å². The van der Waals surface area contributed by atoms with Gasteiger partial charge in [0.2, 0.25) is 0 Å². The topological polar surface area (TPSA) is 58.3 Å². The van der Waals surface area contributed by atoms with Crippen LogP contribution in [0.5, 0.6) is 0 Å². The van der Waals surface area contributed by atoms with Crippen LogP contribution in [0, 0.1) is 5.41 Å². The van der Waals surface area contributed by atoms with Crippen LogP contribution in [0.3, 0.4) is 0 Å². The van der Waals surface area contributed by atoms with Crippen molar-refractivity contribution in [1.29, 1.82) is 0 Å². The summed E-state index contributed by atoms with van der Waals surface area (Å²) >= 11 is 0. The lowest BCUT2D eigenvalue weighted by molar-refractivity contribution is 0.151. The Balaban J connectivity index is 0.00000196. The minimum atomic E-state index is 0. The Morgan fingerprint density at radius 1 is 1.31 bits per heavy atom. The highest BCUT2D eigenvalue weighted by molar-refractivity contribution is 14.0. The summed E-state index contributed by atoms with van der Waals surface area (Å²) in [5.74, 6) is 1.92. The zero-order valence-electron chi connectivity index (χ0n) is 15.3. The van der Waals surface area contributed by atoms with Crippen LogP contribution in [0.1, 0.15) is 38.2 Å². The van der Waals surface area contributed by atoms with E-state index in [2.05, 4.69) is 33.2 Å². The Kier molecular flexibility index (Phi) is 6.16. The monoisotopic (exact) mass is 466 g/mol. The van der Waals surface area contributed by atoms with Crippen LogP contribution < -0.4 is 5.32 Å². The molecule has 2 aliphatic rings. The molecule has 26 heavy (non-hydrogen) atoms. The third kappa shape index (κ3) is 4.02. The van der Waals surface area contributed by atoms with Gasteiger partial charge in [-0.05, 0) is 43.2 Å². The molecule has 2 fully saturated rings. The summed E-state index contributed by atoms with van der Waals surface area (Å²) in [5.41, 5.74) is 1.71. The van der Waals surface area contributed by atoms with Gasteiger partial charge in [-0.1, -0.05) is 12.5 Å². The van der Waals surface area contributed by atoms with Gasteiger partial charge in [0.15, 0.2) is 5.96 Å². The molecule has 1 aliphatic heterocycles. The smallest absolute Gasteiger partial charge is 0.194 e. The highest BCUT2D eigenvalue weighted by Crippen LogP contribution is 2.47. The number of hydrogen-bond donors (Lipinski definition) is 1. The first kappa shape index (κ1) is 19.1. The number of nitrogens with one attached hydrogen (secondary N) is 1. The van der Waals surface area contributed by atoms with Crippen molar-refractivity contribution in [2.24, 2.45) is 10.4 Å². The number of pyridine rings is 1. The third-order valence-electron chi connectivity index (χ3n) is 5.48. The molecule has 1 spiro atoms. The first-order chi connectivity index (χ1) is 12.3. The number of guanidine groups is 1. The third-order valence-corrected chi connectivity index (χ3v) is 5.48. The molecule has 0 unspecified atom stereocenters. The van der Waals surface area contributed by atoms with Gasteiger partial charge in [0.1, 0.15) is 12.1 Å². The predicted octanol–water partition coefficient (Wildman–Crippen LogP) is 3.23. The molecule has 1 saturated heterocycles. The zero-order valence-corrected chi connectivity index (χ0v) is 17.6. The molecule has 2 aromatic heterocycles. The number of likely N-dealkylation sites (tertiary alicyclic amines) is 1. The lowest BCUT2D eigenvalue weighted by atomic mass is 9.68. The highest BCUT2D eigenvalue weighted by atomic mass is 127. The molecule has 0 atom stereocenters. The number of aliphatic imine (C=N–C) groups is 1. The standard InChI is InChI=1S/C19H26N6.HI/c1-2-21-18(24-10-8-19(14-24)6-3-7-19)23-13-16-4-5-17(22-12-16)25-11-9-20-15-25;/h4-5,9,11-12,15H,2-3,6-8,10,13-14H2,1H3,(H,21,23);1H. The van der Waals surface area contributed by atoms with Crippen molar-refractivity contribution in [1.82, 2.24) is 24.8 Å². The van der Waals surface area contributed by atoms with Crippen molar-refractivity contribution in [2.45, 2.75) is 39.2 Å². The Morgan fingerprint density at radius 3 is 2.77 bits per heavy atom. The molecule has 0 aromatic carbocycles. The van der Waals surface area contributed by atoms with Crippen molar-refractivity contribution in [3.63, 3.8) is 0 Å². The van der Waals surface area contributed by atoms with Gasteiger partial charge >= 0.3 is 0 Å². The number of aromatic nitrogens is 3. The minimum Gasteiger partial charge on any atom is -0.357 e. The molecule has 0 radical (unpaired) electrons. The van der Waals surface area contributed by atoms with E-state index in [0.717, 1.165) is 37.0 Å². The van der Waals surface area contributed by atoms with E-state index in [4.69, 9.17) is 4.99 Å². The van der Waals surface area contributed by atoms with Gasteiger partial charge in [-0.25, -0.2) is 15.0 Å². The molecule has 1 N–H and O–H groups in total. The second-order valence-electron chi connectivity index (χ2n) is 7.19. The number of halogens is 1. The van der Waals surface area contributed by atoms with Crippen molar-refractivity contribution >= 4 is 29.9 Å². The van der Waals surface area contributed by atoms with E-state index in [0.29, 0.717) is 12.0 Å². The Bertz CT molecular complexity index is 721. The van der Waals surface area contributed by atoms with E-state index < -0.39 is 0 Å². The van der Waals surface area contributed by atoms with Crippen LogP contribution >= 0.6 is 24.0 Å². The Labute approximate surface area is 172 Å². The minimum absolute atomic E-state index is 0. The fraction of sp³-hybridized carbons (Fsp3) is 0.526. The summed E-state index contributed by atoms with van der Waals surface area (Å²) in [5, 5.41) is 3.46. The quantitative estimate of drug-likeness (QED) is 0.427. The van der Waals surface area contributed by atoms with Crippen molar-refractivity contribution in [2.75, 3.05) is 19.6 Å². The van der Waals surface area contributed by atoms with Crippen LogP contribution in [0.2, 0.25) is 0 Å². The molecular formula is C19H27IN6. The number of rotatable bonds is 4. The van der Waals surface area contributed by atoms with Crippen LogP contribution in [0.4, 0.5) is 0 Å². The van der Waals surface area contributed by atoms with Gasteiger partial charge in [-0.3, -0.25) is 4.57 Å². The van der Waals surface area contributed by atoms with E-state index in [9.17, 15) is 0 Å². The molecule has 140 valence electrons. The molecule has 7 heteroatoms. The van der Waals surface area contributed by atoms with Gasteiger partial charge in [-0.2, -0.15) is 0 Å². The molecule has 2 aromatic rings. The lowest BCUT2D eigenvalue weighted by Gasteiger charge is -2.38. The first-order valence-electron chi connectivity index (χ1n) is 9.25. The maximum absolute atomic E-state index is 4.85. The first-order valence-corrected chi connectivity index (χ1v) is 9.25. The maximum atomic E-state index is 4.85. The molecule has 4 rings (SSSR count). The summed E-state index contributed by atoms with van der Waals surface area (Å²) in [4.78, 5) is 15.9. The van der Waals surface area contributed by atoms with Crippen molar-refractivity contribution in [3.05, 3.63) is 42.6 Å². The normalized spacial score (nSPS) is 18.5. The van der Waals surface area contributed by atoms with E-state index in [1.165, 1.54) is 25.7 Å². The Morgan fingerprint density at radius 2 is 2.19 bits per heavy atom. The summed E-state index contributed by atoms with van der Waals surface area (Å²) in [7, 11) is 0. The Hall–Kier alpha value is -1.64. The zero-order chi connectivity index (χ0) is 17.1. The highest BCUT2D eigenvalue weighted by Gasteiger charge is 2.43. The molecule has 6 nitrogen and oxygen atoms in total. The maximum Gasteiger partial charge on any atom is 0.194 e. The second-order valence-corrected chi connectivity index (χ2v) is 7.19. The van der Waals surface area contributed by atoms with Gasteiger partial charge in [0.05, 0.1) is 6.54 Å².